The van der Waals surface area contributed by atoms with Gasteiger partial charge in [-0.3, -0.25) is 0 Å². The molecule has 1 aliphatic rings. The predicted molar refractivity (Wildman–Crippen MR) is 59.6 cm³/mol. The molecular weight excluding hydrogens is 208 g/mol. The van der Waals surface area contributed by atoms with Crippen LogP contribution in [0.15, 0.2) is 36.6 Å². The van der Waals surface area contributed by atoms with E-state index in [1.807, 2.05) is 12.2 Å². The van der Waals surface area contributed by atoms with Crippen molar-refractivity contribution in [3.63, 3.8) is 0 Å². The van der Waals surface area contributed by atoms with Crippen molar-refractivity contribution < 1.29 is 19.4 Å². The summed E-state index contributed by atoms with van der Waals surface area (Å²) in [5, 5.41) is 9.44. The lowest BCUT2D eigenvalue weighted by Gasteiger charge is -2.15. The Balaban J connectivity index is 2.16. The lowest BCUT2D eigenvalue weighted by atomic mass is 10.2. The summed E-state index contributed by atoms with van der Waals surface area (Å²) in [6, 6.07) is 0. The molecule has 16 heavy (non-hydrogen) atoms. The van der Waals surface area contributed by atoms with Crippen LogP contribution in [-0.4, -0.2) is 30.4 Å². The monoisotopic (exact) mass is 224 g/mol. The van der Waals surface area contributed by atoms with Crippen molar-refractivity contribution in [3.05, 3.63) is 36.6 Å². The number of esters is 1. The SMILES string of the molecule is C=CC(=O)OCC(O)COC1=CC=CCC1. The summed E-state index contributed by atoms with van der Waals surface area (Å²) >= 11 is 0. The van der Waals surface area contributed by atoms with Crippen LogP contribution in [0, 0.1) is 0 Å². The van der Waals surface area contributed by atoms with Gasteiger partial charge in [-0.2, -0.15) is 0 Å². The van der Waals surface area contributed by atoms with E-state index in [1.165, 1.54) is 0 Å². The van der Waals surface area contributed by atoms with Crippen LogP contribution < -0.4 is 0 Å². The second-order valence-corrected chi connectivity index (χ2v) is 3.40. The van der Waals surface area contributed by atoms with E-state index in [0.717, 1.165) is 24.7 Å². The maximum Gasteiger partial charge on any atom is 0.330 e. The largest absolute Gasteiger partial charge is 0.495 e. The van der Waals surface area contributed by atoms with E-state index in [4.69, 9.17) is 4.74 Å². The minimum absolute atomic E-state index is 0.0754. The molecule has 0 radical (unpaired) electrons. The second kappa shape index (κ2) is 6.85. The number of hydrogen-bond donors (Lipinski definition) is 1. The highest BCUT2D eigenvalue weighted by Crippen LogP contribution is 2.12. The Bertz CT molecular complexity index is 304. The molecule has 1 unspecified atom stereocenters. The molecular formula is C12H16O4. The number of rotatable bonds is 6. The average molecular weight is 224 g/mol. The van der Waals surface area contributed by atoms with Gasteiger partial charge in [0.1, 0.15) is 19.3 Å². The summed E-state index contributed by atoms with van der Waals surface area (Å²) in [5.41, 5.74) is 0. The fourth-order valence-corrected chi connectivity index (χ4v) is 1.19. The summed E-state index contributed by atoms with van der Waals surface area (Å²) in [6.45, 7) is 3.31. The number of carbonyl (C=O) groups is 1. The van der Waals surface area contributed by atoms with E-state index in [1.54, 1.807) is 0 Å². The third-order valence-corrected chi connectivity index (χ3v) is 2.02. The van der Waals surface area contributed by atoms with E-state index in [9.17, 15) is 9.90 Å². The Hall–Kier alpha value is -1.55. The van der Waals surface area contributed by atoms with Crippen molar-refractivity contribution >= 4 is 5.97 Å². The molecule has 1 aliphatic carbocycles. The van der Waals surface area contributed by atoms with Crippen molar-refractivity contribution in [1.82, 2.24) is 0 Å². The Morgan fingerprint density at radius 3 is 3.06 bits per heavy atom. The van der Waals surface area contributed by atoms with Crippen LogP contribution in [0.2, 0.25) is 0 Å². The molecule has 0 aromatic rings. The molecule has 0 saturated carbocycles. The molecule has 0 aliphatic heterocycles. The molecule has 0 aromatic heterocycles. The van der Waals surface area contributed by atoms with Gasteiger partial charge in [0.2, 0.25) is 0 Å². The smallest absolute Gasteiger partial charge is 0.330 e. The highest BCUT2D eigenvalue weighted by atomic mass is 16.5. The van der Waals surface area contributed by atoms with E-state index in [0.29, 0.717) is 0 Å². The molecule has 0 fully saturated rings. The van der Waals surface area contributed by atoms with Gasteiger partial charge in [-0.15, -0.1) is 0 Å². The molecule has 1 atom stereocenters. The molecule has 1 rings (SSSR count). The molecule has 1 N–H and O–H groups in total. The zero-order valence-corrected chi connectivity index (χ0v) is 9.09. The molecule has 0 spiro atoms. The number of allylic oxidation sites excluding steroid dienone is 4. The van der Waals surface area contributed by atoms with Gasteiger partial charge in [-0.1, -0.05) is 18.7 Å². The molecule has 0 aromatic carbocycles. The molecule has 0 saturated heterocycles. The highest BCUT2D eigenvalue weighted by molar-refractivity contribution is 5.81. The zero-order chi connectivity index (χ0) is 11.8. The lowest BCUT2D eigenvalue weighted by molar-refractivity contribution is -0.141. The number of aliphatic hydroxyl groups is 1. The van der Waals surface area contributed by atoms with E-state index >= 15 is 0 Å². The van der Waals surface area contributed by atoms with E-state index in [2.05, 4.69) is 17.4 Å². The van der Waals surface area contributed by atoms with E-state index in [-0.39, 0.29) is 13.2 Å². The third-order valence-electron chi connectivity index (χ3n) is 2.02. The Morgan fingerprint density at radius 2 is 2.44 bits per heavy atom. The normalized spacial score (nSPS) is 16.2. The fourth-order valence-electron chi connectivity index (χ4n) is 1.19. The topological polar surface area (TPSA) is 55.8 Å². The van der Waals surface area contributed by atoms with Crippen LogP contribution in [0.1, 0.15) is 12.8 Å². The van der Waals surface area contributed by atoms with Gasteiger partial charge in [0, 0.05) is 12.5 Å². The Labute approximate surface area is 94.9 Å². The van der Waals surface area contributed by atoms with E-state index < -0.39 is 12.1 Å². The van der Waals surface area contributed by atoms with Gasteiger partial charge < -0.3 is 14.6 Å². The highest BCUT2D eigenvalue weighted by Gasteiger charge is 2.09. The van der Waals surface area contributed by atoms with Crippen molar-refractivity contribution in [3.8, 4) is 0 Å². The number of hydrogen-bond acceptors (Lipinski definition) is 4. The van der Waals surface area contributed by atoms with Gasteiger partial charge in [0.25, 0.3) is 0 Å². The molecule has 4 nitrogen and oxygen atoms in total. The summed E-state index contributed by atoms with van der Waals surface area (Å²) in [5.74, 6) is 0.301. The number of ether oxygens (including phenoxy) is 2. The summed E-state index contributed by atoms with van der Waals surface area (Å²) in [4.78, 5) is 10.7. The van der Waals surface area contributed by atoms with Gasteiger partial charge in [-0.05, 0) is 12.5 Å². The summed E-state index contributed by atoms with van der Waals surface area (Å²) in [7, 11) is 0. The molecule has 0 heterocycles. The lowest BCUT2D eigenvalue weighted by Crippen LogP contribution is -2.23. The zero-order valence-electron chi connectivity index (χ0n) is 9.09. The summed E-state index contributed by atoms with van der Waals surface area (Å²) < 4.78 is 10.0. The first-order valence-electron chi connectivity index (χ1n) is 5.18. The maximum atomic E-state index is 10.7. The quantitative estimate of drug-likeness (QED) is 0.546. The predicted octanol–water partition coefficient (Wildman–Crippen LogP) is 1.33. The Kier molecular flexibility index (Phi) is 5.36. The van der Waals surface area contributed by atoms with Crippen molar-refractivity contribution in [2.45, 2.75) is 18.9 Å². The molecule has 4 heteroatoms. The minimum atomic E-state index is -0.810. The number of aliphatic hydroxyl groups excluding tert-OH is 1. The molecule has 88 valence electrons. The van der Waals surface area contributed by atoms with Crippen molar-refractivity contribution in [1.29, 1.82) is 0 Å². The summed E-state index contributed by atoms with van der Waals surface area (Å²) in [6.07, 6.45) is 7.88. The first-order chi connectivity index (χ1) is 7.72. The van der Waals surface area contributed by atoms with Crippen molar-refractivity contribution in [2.75, 3.05) is 13.2 Å². The molecule has 0 bridgehead atoms. The van der Waals surface area contributed by atoms with Crippen LogP contribution in [-0.2, 0) is 14.3 Å². The standard InChI is InChI=1S/C12H16O4/c1-2-12(14)16-9-10(13)8-15-11-6-4-3-5-7-11/h2-4,6,10,13H,1,5,7-9H2. The van der Waals surface area contributed by atoms with Crippen LogP contribution in [0.25, 0.3) is 0 Å². The first-order valence-corrected chi connectivity index (χ1v) is 5.18. The van der Waals surface area contributed by atoms with Gasteiger partial charge in [0.15, 0.2) is 0 Å². The fraction of sp³-hybridized carbons (Fsp3) is 0.417. The van der Waals surface area contributed by atoms with Crippen LogP contribution in [0.3, 0.4) is 0 Å². The van der Waals surface area contributed by atoms with Crippen LogP contribution in [0.4, 0.5) is 0 Å². The maximum absolute atomic E-state index is 10.7. The second-order valence-electron chi connectivity index (χ2n) is 3.40. The van der Waals surface area contributed by atoms with Crippen LogP contribution >= 0.6 is 0 Å². The first kappa shape index (κ1) is 12.5. The third kappa shape index (κ3) is 4.79. The van der Waals surface area contributed by atoms with Gasteiger partial charge >= 0.3 is 5.97 Å². The minimum Gasteiger partial charge on any atom is -0.495 e. The van der Waals surface area contributed by atoms with Gasteiger partial charge in [-0.25, -0.2) is 4.79 Å². The average Bonchev–Trinajstić information content (AvgIpc) is 2.34. The Morgan fingerprint density at radius 1 is 1.62 bits per heavy atom. The molecule has 0 amide bonds. The number of carbonyl (C=O) groups excluding carboxylic acids is 1. The van der Waals surface area contributed by atoms with Gasteiger partial charge in [0.05, 0.1) is 5.76 Å². The van der Waals surface area contributed by atoms with Crippen molar-refractivity contribution in [2.24, 2.45) is 0 Å². The van der Waals surface area contributed by atoms with Crippen LogP contribution in [0.5, 0.6) is 0 Å².